The van der Waals surface area contributed by atoms with Crippen LogP contribution in [0.5, 0.6) is 0 Å². The first-order valence-electron chi connectivity index (χ1n) is 8.84. The van der Waals surface area contributed by atoms with Gasteiger partial charge in [-0.15, -0.1) is 10.2 Å². The van der Waals surface area contributed by atoms with Crippen molar-refractivity contribution < 1.29 is 9.21 Å². The smallest absolute Gasteiger partial charge is 0.220 e. The van der Waals surface area contributed by atoms with Crippen LogP contribution in [0, 0.1) is 5.92 Å². The highest BCUT2D eigenvalue weighted by atomic mass is 16.3. The highest BCUT2D eigenvalue weighted by Gasteiger charge is 2.36. The van der Waals surface area contributed by atoms with Gasteiger partial charge in [0.25, 0.3) is 0 Å². The van der Waals surface area contributed by atoms with Crippen LogP contribution in [-0.2, 0) is 17.6 Å². The molecule has 0 saturated heterocycles. The molecule has 1 aliphatic carbocycles. The number of fused-ring (bicyclic) bond motifs is 1. The van der Waals surface area contributed by atoms with Crippen molar-refractivity contribution in [3.63, 3.8) is 0 Å². The highest BCUT2D eigenvalue weighted by Crippen LogP contribution is 2.47. The maximum absolute atomic E-state index is 12.0. The van der Waals surface area contributed by atoms with Gasteiger partial charge in [0.15, 0.2) is 5.65 Å². The van der Waals surface area contributed by atoms with Crippen LogP contribution in [0.2, 0.25) is 0 Å². The van der Waals surface area contributed by atoms with Crippen molar-refractivity contribution in [2.45, 2.75) is 38.5 Å². The minimum Gasteiger partial charge on any atom is -0.466 e. The third-order valence-corrected chi connectivity index (χ3v) is 4.81. The Morgan fingerprint density at radius 3 is 3.00 bits per heavy atom. The minimum atomic E-state index is 0.0339. The average molecular weight is 338 g/mol. The summed E-state index contributed by atoms with van der Waals surface area (Å²) in [6, 6.07) is 9.83. The predicted octanol–water partition coefficient (Wildman–Crippen LogP) is 2.74. The summed E-state index contributed by atoms with van der Waals surface area (Å²) in [5.74, 6) is 4.17. The summed E-state index contributed by atoms with van der Waals surface area (Å²) in [6.45, 7) is 2.79. The number of aryl methyl sites for hydroxylation is 1. The summed E-state index contributed by atoms with van der Waals surface area (Å²) in [4.78, 5) is 12.0. The summed E-state index contributed by atoms with van der Waals surface area (Å²) in [5.41, 5.74) is 0.822. The molecular formula is C19H22N4O2. The van der Waals surface area contributed by atoms with Crippen LogP contribution >= 0.6 is 0 Å². The third kappa shape index (κ3) is 3.57. The molecule has 0 spiro atoms. The Balaban J connectivity index is 1.22. The number of aromatic nitrogens is 3. The molecular weight excluding hydrogens is 316 g/mol. The molecule has 2 atom stereocenters. The number of carbonyl (C=O) groups excluding carboxylic acids is 1. The molecule has 6 heteroatoms. The molecule has 0 aliphatic heterocycles. The second-order valence-electron chi connectivity index (χ2n) is 6.77. The van der Waals surface area contributed by atoms with E-state index in [0.717, 1.165) is 28.9 Å². The van der Waals surface area contributed by atoms with Gasteiger partial charge < -0.3 is 9.73 Å². The highest BCUT2D eigenvalue weighted by molar-refractivity contribution is 5.76. The molecule has 25 heavy (non-hydrogen) atoms. The van der Waals surface area contributed by atoms with Gasteiger partial charge in [0, 0.05) is 37.9 Å². The molecule has 130 valence electrons. The number of rotatable bonds is 7. The van der Waals surface area contributed by atoms with Gasteiger partial charge in [0.1, 0.15) is 17.3 Å². The Bertz CT molecular complexity index is 882. The molecule has 3 aromatic heterocycles. The first-order valence-corrected chi connectivity index (χ1v) is 8.84. The number of carbonyl (C=O) groups is 1. The van der Waals surface area contributed by atoms with Gasteiger partial charge in [-0.3, -0.25) is 9.20 Å². The molecule has 1 N–H and O–H groups in total. The number of amides is 1. The van der Waals surface area contributed by atoms with Gasteiger partial charge in [0.2, 0.25) is 5.91 Å². The number of nitrogens with one attached hydrogen (secondary N) is 1. The largest absolute Gasteiger partial charge is 0.466 e. The molecule has 3 heterocycles. The molecule has 0 bridgehead atoms. The van der Waals surface area contributed by atoms with Gasteiger partial charge in [0.05, 0.1) is 0 Å². The maximum atomic E-state index is 12.0. The molecule has 1 aliphatic rings. The average Bonchev–Trinajstić information content (AvgIpc) is 3.02. The molecule has 1 fully saturated rings. The summed E-state index contributed by atoms with van der Waals surface area (Å²) >= 11 is 0. The van der Waals surface area contributed by atoms with Crippen molar-refractivity contribution >= 4 is 11.6 Å². The second kappa shape index (κ2) is 6.70. The van der Waals surface area contributed by atoms with Crippen LogP contribution in [0.4, 0.5) is 0 Å². The Hall–Kier alpha value is -2.63. The fraction of sp³-hybridized carbons (Fsp3) is 0.421. The van der Waals surface area contributed by atoms with E-state index < -0.39 is 0 Å². The van der Waals surface area contributed by atoms with E-state index in [9.17, 15) is 4.79 Å². The van der Waals surface area contributed by atoms with E-state index in [4.69, 9.17) is 4.42 Å². The van der Waals surface area contributed by atoms with E-state index in [2.05, 4.69) is 28.5 Å². The lowest BCUT2D eigenvalue weighted by molar-refractivity contribution is -0.121. The van der Waals surface area contributed by atoms with Gasteiger partial charge in [-0.1, -0.05) is 13.0 Å². The fourth-order valence-electron chi connectivity index (χ4n) is 3.15. The molecule has 0 unspecified atom stereocenters. The SMILES string of the molecule is C[C@H]1C[C@@H]1c1ccc(CCC(=O)NCCc2nnc3ccccn23)o1. The van der Waals surface area contributed by atoms with E-state index in [1.54, 1.807) is 0 Å². The summed E-state index contributed by atoms with van der Waals surface area (Å²) in [7, 11) is 0. The Kier molecular flexibility index (Phi) is 4.26. The quantitative estimate of drug-likeness (QED) is 0.719. The molecule has 1 saturated carbocycles. The van der Waals surface area contributed by atoms with Crippen LogP contribution in [0.25, 0.3) is 5.65 Å². The van der Waals surface area contributed by atoms with Crippen LogP contribution in [0.15, 0.2) is 40.9 Å². The van der Waals surface area contributed by atoms with Crippen molar-refractivity contribution in [2.75, 3.05) is 6.54 Å². The molecule has 6 nitrogen and oxygen atoms in total. The van der Waals surface area contributed by atoms with E-state index in [1.807, 2.05) is 34.9 Å². The second-order valence-corrected chi connectivity index (χ2v) is 6.77. The van der Waals surface area contributed by atoms with Crippen molar-refractivity contribution in [2.24, 2.45) is 5.92 Å². The zero-order chi connectivity index (χ0) is 17.2. The number of pyridine rings is 1. The topological polar surface area (TPSA) is 72.4 Å². The van der Waals surface area contributed by atoms with E-state index in [0.29, 0.717) is 31.7 Å². The summed E-state index contributed by atoms with van der Waals surface area (Å²) < 4.78 is 7.78. The van der Waals surface area contributed by atoms with Gasteiger partial charge in [-0.05, 0) is 36.6 Å². The van der Waals surface area contributed by atoms with Crippen LogP contribution in [0.1, 0.15) is 43.0 Å². The standard InChI is InChI=1S/C19H22N4O2/c1-13-12-15(13)16-7-5-14(25-16)6-8-19(24)20-10-9-18-22-21-17-4-2-3-11-23(17)18/h2-5,7,11,13,15H,6,8-10,12H2,1H3,(H,20,24)/t13-,15-/m0/s1. The van der Waals surface area contributed by atoms with Crippen molar-refractivity contribution in [3.05, 3.63) is 53.9 Å². The Labute approximate surface area is 146 Å². The van der Waals surface area contributed by atoms with Crippen LogP contribution < -0.4 is 5.32 Å². The first-order chi connectivity index (χ1) is 12.2. The number of hydrogen-bond donors (Lipinski definition) is 1. The monoisotopic (exact) mass is 338 g/mol. The lowest BCUT2D eigenvalue weighted by Crippen LogP contribution is -2.26. The van der Waals surface area contributed by atoms with E-state index in [1.165, 1.54) is 6.42 Å². The van der Waals surface area contributed by atoms with Crippen molar-refractivity contribution in [1.29, 1.82) is 0 Å². The van der Waals surface area contributed by atoms with E-state index in [-0.39, 0.29) is 5.91 Å². The maximum Gasteiger partial charge on any atom is 0.220 e. The first kappa shape index (κ1) is 15.9. The third-order valence-electron chi connectivity index (χ3n) is 4.81. The lowest BCUT2D eigenvalue weighted by Gasteiger charge is -2.04. The Morgan fingerprint density at radius 2 is 2.16 bits per heavy atom. The number of hydrogen-bond acceptors (Lipinski definition) is 4. The molecule has 0 aromatic carbocycles. The summed E-state index contributed by atoms with van der Waals surface area (Å²) in [5, 5.41) is 11.2. The number of furan rings is 1. The Morgan fingerprint density at radius 1 is 1.28 bits per heavy atom. The zero-order valence-corrected chi connectivity index (χ0v) is 14.3. The summed E-state index contributed by atoms with van der Waals surface area (Å²) in [6.07, 6.45) is 4.88. The number of nitrogens with zero attached hydrogens (tertiary/aromatic N) is 3. The van der Waals surface area contributed by atoms with Gasteiger partial charge in [-0.2, -0.15) is 0 Å². The molecule has 3 aromatic rings. The van der Waals surface area contributed by atoms with Crippen molar-refractivity contribution in [3.8, 4) is 0 Å². The van der Waals surface area contributed by atoms with Crippen molar-refractivity contribution in [1.82, 2.24) is 19.9 Å². The minimum absolute atomic E-state index is 0.0339. The molecule has 1 amide bonds. The van der Waals surface area contributed by atoms with Crippen LogP contribution in [-0.4, -0.2) is 27.0 Å². The van der Waals surface area contributed by atoms with Gasteiger partial charge >= 0.3 is 0 Å². The normalized spacial score (nSPS) is 19.2. The molecule has 0 radical (unpaired) electrons. The molecule has 4 rings (SSSR count). The fourth-order valence-corrected chi connectivity index (χ4v) is 3.15. The van der Waals surface area contributed by atoms with Crippen LogP contribution in [0.3, 0.4) is 0 Å². The van der Waals surface area contributed by atoms with Gasteiger partial charge in [-0.25, -0.2) is 0 Å². The zero-order valence-electron chi connectivity index (χ0n) is 14.3. The lowest BCUT2D eigenvalue weighted by atomic mass is 10.2. The van der Waals surface area contributed by atoms with E-state index >= 15 is 0 Å². The predicted molar refractivity (Wildman–Crippen MR) is 93.3 cm³/mol.